The molecule has 6 nitrogen and oxygen atoms in total. The molecule has 4 aromatic rings. The van der Waals surface area contributed by atoms with Crippen LogP contribution in [-0.4, -0.2) is 28.2 Å². The number of carbonyl (C=O) groups is 2. The Hall–Kier alpha value is -3.97. The van der Waals surface area contributed by atoms with Gasteiger partial charge in [0.1, 0.15) is 23.1 Å². The number of benzene rings is 3. The zero-order chi connectivity index (χ0) is 27.4. The predicted molar refractivity (Wildman–Crippen MR) is 154 cm³/mol. The number of amides is 2. The molecule has 1 aliphatic heterocycles. The molecule has 0 radical (unpaired) electrons. The van der Waals surface area contributed by atoms with Gasteiger partial charge in [-0.1, -0.05) is 72.6 Å². The Morgan fingerprint density at radius 1 is 1.05 bits per heavy atom. The van der Waals surface area contributed by atoms with Crippen molar-refractivity contribution < 1.29 is 14.3 Å². The number of aromatic nitrogens is 1. The van der Waals surface area contributed by atoms with Gasteiger partial charge in [-0.15, -0.1) is 11.3 Å². The van der Waals surface area contributed by atoms with Gasteiger partial charge in [-0.2, -0.15) is 0 Å². The van der Waals surface area contributed by atoms with Gasteiger partial charge in [0, 0.05) is 24.9 Å². The highest BCUT2D eigenvalue weighted by Crippen LogP contribution is 2.37. The summed E-state index contributed by atoms with van der Waals surface area (Å²) in [5.41, 5.74) is 7.22. The van der Waals surface area contributed by atoms with E-state index in [1.165, 1.54) is 22.5 Å². The molecular formula is C32H33N3O3S. The zero-order valence-corrected chi connectivity index (χ0v) is 23.4. The van der Waals surface area contributed by atoms with Crippen molar-refractivity contribution in [2.45, 2.75) is 52.8 Å². The molecule has 200 valence electrons. The standard InChI is InChI=1S/C32H33N3O3S/c1-4-30(36)35-15-14-24-12-13-26(17-27(24)31(35)25-10-8-21(2)9-11-25)38-19-29-34-28(20-39-29)32(37)33-18-23-7-5-6-22(3)16-23/h5-13,16-17,20,31H,4,14-15,18-19H2,1-3H3,(H,33,37). The number of hydrogen-bond acceptors (Lipinski definition) is 5. The van der Waals surface area contributed by atoms with Crippen LogP contribution >= 0.6 is 11.3 Å². The molecule has 3 aromatic carbocycles. The number of nitrogens with zero attached hydrogens (tertiary/aromatic N) is 2. The summed E-state index contributed by atoms with van der Waals surface area (Å²) in [5, 5.41) is 5.43. The molecule has 0 saturated heterocycles. The van der Waals surface area contributed by atoms with Crippen molar-refractivity contribution >= 4 is 23.2 Å². The molecule has 7 heteroatoms. The monoisotopic (exact) mass is 539 g/mol. The predicted octanol–water partition coefficient (Wildman–Crippen LogP) is 6.15. The second-order valence-electron chi connectivity index (χ2n) is 9.95. The lowest BCUT2D eigenvalue weighted by Crippen LogP contribution is -2.40. The smallest absolute Gasteiger partial charge is 0.271 e. The molecular weight excluding hydrogens is 506 g/mol. The molecule has 1 N–H and O–H groups in total. The molecule has 2 heterocycles. The molecule has 0 aliphatic carbocycles. The Kier molecular flexibility index (Phi) is 8.07. The zero-order valence-electron chi connectivity index (χ0n) is 22.6. The van der Waals surface area contributed by atoms with E-state index in [-0.39, 0.29) is 24.5 Å². The van der Waals surface area contributed by atoms with Gasteiger partial charge in [-0.05, 0) is 54.7 Å². The average molecular weight is 540 g/mol. The van der Waals surface area contributed by atoms with Gasteiger partial charge < -0.3 is 15.0 Å². The van der Waals surface area contributed by atoms with Crippen molar-refractivity contribution in [3.8, 4) is 5.75 Å². The number of fused-ring (bicyclic) bond motifs is 1. The van der Waals surface area contributed by atoms with E-state index in [2.05, 4.69) is 59.7 Å². The van der Waals surface area contributed by atoms with Crippen LogP contribution in [0.5, 0.6) is 5.75 Å². The normalized spacial score (nSPS) is 14.5. The lowest BCUT2D eigenvalue weighted by Gasteiger charge is -2.38. The number of aryl methyl sites for hydroxylation is 2. The van der Waals surface area contributed by atoms with Crippen LogP contribution in [-0.2, 0) is 24.4 Å². The first-order valence-corrected chi connectivity index (χ1v) is 14.2. The second kappa shape index (κ2) is 11.8. The minimum atomic E-state index is -0.200. The van der Waals surface area contributed by atoms with Crippen LogP contribution < -0.4 is 10.1 Å². The van der Waals surface area contributed by atoms with E-state index in [4.69, 9.17) is 4.74 Å². The van der Waals surface area contributed by atoms with Crippen LogP contribution in [0.3, 0.4) is 0 Å². The average Bonchev–Trinajstić information content (AvgIpc) is 3.43. The maximum atomic E-state index is 12.9. The molecule has 5 rings (SSSR count). The molecule has 0 saturated carbocycles. The largest absolute Gasteiger partial charge is 0.486 e. The molecule has 39 heavy (non-hydrogen) atoms. The molecule has 2 amide bonds. The van der Waals surface area contributed by atoms with Gasteiger partial charge in [-0.3, -0.25) is 9.59 Å². The second-order valence-corrected chi connectivity index (χ2v) is 10.9. The lowest BCUT2D eigenvalue weighted by molar-refractivity contribution is -0.132. The summed E-state index contributed by atoms with van der Waals surface area (Å²) in [5.74, 6) is 0.667. The van der Waals surface area contributed by atoms with Crippen molar-refractivity contribution in [3.63, 3.8) is 0 Å². The Morgan fingerprint density at radius 3 is 2.64 bits per heavy atom. The molecule has 1 aliphatic rings. The molecule has 0 bridgehead atoms. The molecule has 1 atom stereocenters. The third-order valence-electron chi connectivity index (χ3n) is 7.04. The van der Waals surface area contributed by atoms with Crippen LogP contribution in [0.25, 0.3) is 0 Å². The lowest BCUT2D eigenvalue weighted by atomic mass is 9.87. The van der Waals surface area contributed by atoms with Crippen molar-refractivity contribution in [2.24, 2.45) is 0 Å². The van der Waals surface area contributed by atoms with E-state index in [1.807, 2.05) is 43.0 Å². The highest BCUT2D eigenvalue weighted by atomic mass is 32.1. The molecule has 1 aromatic heterocycles. The first-order chi connectivity index (χ1) is 18.9. The highest BCUT2D eigenvalue weighted by Gasteiger charge is 2.31. The van der Waals surface area contributed by atoms with E-state index in [1.54, 1.807) is 5.38 Å². The number of rotatable bonds is 8. The summed E-state index contributed by atoms with van der Waals surface area (Å²) in [6.45, 7) is 7.43. The Balaban J connectivity index is 1.29. The van der Waals surface area contributed by atoms with Crippen molar-refractivity contribution in [1.82, 2.24) is 15.2 Å². The number of thiazole rings is 1. The topological polar surface area (TPSA) is 71.5 Å². The van der Waals surface area contributed by atoms with Crippen LogP contribution in [0.15, 0.2) is 72.1 Å². The van der Waals surface area contributed by atoms with E-state index in [0.717, 1.165) is 39.4 Å². The summed E-state index contributed by atoms with van der Waals surface area (Å²) in [6.07, 6.45) is 1.29. The summed E-state index contributed by atoms with van der Waals surface area (Å²) >= 11 is 1.41. The van der Waals surface area contributed by atoms with Gasteiger partial charge in [-0.25, -0.2) is 4.98 Å². The summed E-state index contributed by atoms with van der Waals surface area (Å²) in [7, 11) is 0. The first-order valence-electron chi connectivity index (χ1n) is 13.3. The SMILES string of the molecule is CCC(=O)N1CCc2ccc(OCc3nc(C(=O)NCc4cccc(C)c4)cs3)cc2C1c1ccc(C)cc1. The van der Waals surface area contributed by atoms with Crippen LogP contribution in [0.1, 0.15) is 68.3 Å². The third-order valence-corrected chi connectivity index (χ3v) is 7.87. The molecule has 0 spiro atoms. The van der Waals surface area contributed by atoms with Crippen molar-refractivity contribution in [3.05, 3.63) is 116 Å². The third kappa shape index (κ3) is 6.20. The fourth-order valence-corrected chi connectivity index (χ4v) is 5.67. The summed E-state index contributed by atoms with van der Waals surface area (Å²) in [6, 6.07) is 22.5. The maximum Gasteiger partial charge on any atom is 0.271 e. The van der Waals surface area contributed by atoms with Gasteiger partial charge in [0.25, 0.3) is 5.91 Å². The fraction of sp³-hybridized carbons (Fsp3) is 0.281. The number of hydrogen-bond donors (Lipinski definition) is 1. The van der Waals surface area contributed by atoms with Gasteiger partial charge in [0.05, 0.1) is 6.04 Å². The number of carbonyl (C=O) groups excluding carboxylic acids is 2. The Bertz CT molecular complexity index is 1480. The van der Waals surface area contributed by atoms with Gasteiger partial charge in [0.15, 0.2) is 0 Å². The van der Waals surface area contributed by atoms with Crippen LogP contribution in [0.2, 0.25) is 0 Å². The minimum Gasteiger partial charge on any atom is -0.486 e. The van der Waals surface area contributed by atoms with E-state index in [9.17, 15) is 9.59 Å². The Labute approximate surface area is 233 Å². The van der Waals surface area contributed by atoms with E-state index < -0.39 is 0 Å². The first kappa shape index (κ1) is 26.6. The highest BCUT2D eigenvalue weighted by molar-refractivity contribution is 7.09. The van der Waals surface area contributed by atoms with Gasteiger partial charge in [0.2, 0.25) is 5.91 Å². The Morgan fingerprint density at radius 2 is 1.87 bits per heavy atom. The molecule has 1 unspecified atom stereocenters. The number of ether oxygens (including phenoxy) is 1. The van der Waals surface area contributed by atoms with E-state index in [0.29, 0.717) is 25.2 Å². The van der Waals surface area contributed by atoms with E-state index >= 15 is 0 Å². The fourth-order valence-electron chi connectivity index (χ4n) is 4.98. The summed E-state index contributed by atoms with van der Waals surface area (Å²) < 4.78 is 6.13. The van der Waals surface area contributed by atoms with Gasteiger partial charge >= 0.3 is 0 Å². The maximum absolute atomic E-state index is 12.9. The quantitative estimate of drug-likeness (QED) is 0.291. The summed E-state index contributed by atoms with van der Waals surface area (Å²) in [4.78, 5) is 32.0. The molecule has 0 fully saturated rings. The van der Waals surface area contributed by atoms with Crippen LogP contribution in [0, 0.1) is 13.8 Å². The number of nitrogens with one attached hydrogen (secondary N) is 1. The van der Waals surface area contributed by atoms with Crippen LogP contribution in [0.4, 0.5) is 0 Å². The van der Waals surface area contributed by atoms with Crippen molar-refractivity contribution in [1.29, 1.82) is 0 Å². The minimum absolute atomic E-state index is 0.145. The van der Waals surface area contributed by atoms with Crippen molar-refractivity contribution in [2.75, 3.05) is 6.54 Å².